The summed E-state index contributed by atoms with van der Waals surface area (Å²) in [4.78, 5) is 31.3. The molecule has 2 heterocycles. The average Bonchev–Trinajstić information content (AvgIpc) is 3.39. The molecular weight excluding hydrogens is 579 g/mol. The fourth-order valence-electron chi connectivity index (χ4n) is 5.19. The van der Waals surface area contributed by atoms with Gasteiger partial charge in [-0.2, -0.15) is 0 Å². The smallest absolute Gasteiger partial charge is 0.346 e. The number of hydrogen-bond donors (Lipinski definition) is 0. The molecule has 0 aromatic heterocycles. The molecule has 0 aliphatic carbocycles. The lowest BCUT2D eigenvalue weighted by atomic mass is 9.82. The molecule has 0 N–H and O–H groups in total. The van der Waals surface area contributed by atoms with Gasteiger partial charge in [-0.1, -0.05) is 111 Å². The summed E-state index contributed by atoms with van der Waals surface area (Å²) >= 11 is 9.17. The number of thiocarbonyl (C=S) groups is 1. The minimum absolute atomic E-state index is 0.00993. The van der Waals surface area contributed by atoms with E-state index in [0.717, 1.165) is 37.1 Å². The summed E-state index contributed by atoms with van der Waals surface area (Å²) in [6.45, 7) is 14.6. The van der Waals surface area contributed by atoms with Gasteiger partial charge in [0.15, 0.2) is 0 Å². The monoisotopic (exact) mass is 613 g/mol. The largest absolute Gasteiger partial charge is 0.462 e. The van der Waals surface area contributed by atoms with Crippen molar-refractivity contribution < 1.29 is 14.3 Å². The van der Waals surface area contributed by atoms with E-state index in [9.17, 15) is 9.59 Å². The highest BCUT2D eigenvalue weighted by Gasteiger charge is 2.46. The van der Waals surface area contributed by atoms with E-state index in [0.29, 0.717) is 21.9 Å². The summed E-state index contributed by atoms with van der Waals surface area (Å²) in [7, 11) is 0. The third kappa shape index (κ3) is 5.50. The van der Waals surface area contributed by atoms with Crippen LogP contribution in [-0.2, 0) is 14.9 Å². The number of fused-ring (bicyclic) bond motifs is 1. The van der Waals surface area contributed by atoms with Crippen LogP contribution in [0.2, 0.25) is 0 Å². The molecule has 216 valence electrons. The van der Waals surface area contributed by atoms with Crippen LogP contribution < -0.4 is 4.90 Å². The fraction of sp³-hybridized carbons (Fsp3) is 0.286. The predicted molar refractivity (Wildman–Crippen MR) is 182 cm³/mol. The summed E-state index contributed by atoms with van der Waals surface area (Å²) in [6.07, 6.45) is 0. The molecule has 0 saturated heterocycles. The Balaban J connectivity index is 1.64. The lowest BCUT2D eigenvalue weighted by molar-refractivity contribution is -0.137. The van der Waals surface area contributed by atoms with Crippen LogP contribution in [0.3, 0.4) is 0 Å². The molecule has 4 nitrogen and oxygen atoms in total. The summed E-state index contributed by atoms with van der Waals surface area (Å²) < 4.78 is 6.37. The zero-order chi connectivity index (χ0) is 30.4. The number of rotatable bonds is 4. The second-order valence-corrected chi connectivity index (χ2v) is 14.7. The number of benzene rings is 3. The highest BCUT2D eigenvalue weighted by Crippen LogP contribution is 2.58. The quantitative estimate of drug-likeness (QED) is 0.166. The van der Waals surface area contributed by atoms with Crippen LogP contribution in [0.15, 0.2) is 81.9 Å². The minimum Gasteiger partial charge on any atom is -0.462 e. The summed E-state index contributed by atoms with van der Waals surface area (Å²) in [5, 5.41) is 0. The molecule has 3 aromatic carbocycles. The maximum absolute atomic E-state index is 14.2. The first-order chi connectivity index (χ1) is 19.8. The number of esters is 1. The molecule has 0 saturated carbocycles. The highest BCUT2D eigenvalue weighted by atomic mass is 32.2. The first-order valence-corrected chi connectivity index (χ1v) is 16.1. The molecule has 0 atom stereocenters. The van der Waals surface area contributed by atoms with Gasteiger partial charge in [0.25, 0.3) is 5.91 Å². The van der Waals surface area contributed by atoms with Gasteiger partial charge >= 0.3 is 5.97 Å². The molecule has 5 rings (SSSR count). The number of carbonyl (C=O) groups excluding carboxylic acids is 2. The maximum atomic E-state index is 14.2. The van der Waals surface area contributed by atoms with E-state index >= 15 is 0 Å². The number of nitrogens with zero attached hydrogens (tertiary/aromatic N) is 1. The molecule has 2 aliphatic heterocycles. The van der Waals surface area contributed by atoms with E-state index < -0.39 is 5.54 Å². The lowest BCUT2D eigenvalue weighted by Gasteiger charge is -2.45. The predicted octanol–water partition coefficient (Wildman–Crippen LogP) is 9.18. The van der Waals surface area contributed by atoms with Crippen LogP contribution in [0, 0.1) is 6.92 Å². The number of carbonyl (C=O) groups is 2. The number of hydrogen-bond acceptors (Lipinski definition) is 6. The van der Waals surface area contributed by atoms with Crippen LogP contribution >= 0.6 is 35.7 Å². The van der Waals surface area contributed by atoms with E-state index in [4.69, 9.17) is 17.0 Å². The van der Waals surface area contributed by atoms with Crippen LogP contribution in [0.5, 0.6) is 0 Å². The van der Waals surface area contributed by atoms with Gasteiger partial charge < -0.3 is 4.74 Å². The molecule has 0 radical (unpaired) electrons. The number of ether oxygens (including phenoxy) is 1. The molecule has 42 heavy (non-hydrogen) atoms. The van der Waals surface area contributed by atoms with Crippen molar-refractivity contribution >= 4 is 68.6 Å². The van der Waals surface area contributed by atoms with E-state index in [1.807, 2.05) is 99.3 Å². The lowest BCUT2D eigenvalue weighted by Crippen LogP contribution is -2.56. The zero-order valence-corrected chi connectivity index (χ0v) is 27.5. The van der Waals surface area contributed by atoms with Crippen molar-refractivity contribution in [2.24, 2.45) is 0 Å². The van der Waals surface area contributed by atoms with Crippen molar-refractivity contribution in [1.29, 1.82) is 0 Å². The molecule has 0 bridgehead atoms. The SMILES string of the molecule is CCOC(=O)C1=C(c2ccccc2)S/C(=C2\C(=S)C(C)(C)N(C(=O)c3ccc(C(C)(C)C)cc3)c3cc(C)ccc32)S1. The summed E-state index contributed by atoms with van der Waals surface area (Å²) in [5.41, 5.74) is 5.56. The Morgan fingerprint density at radius 2 is 1.62 bits per heavy atom. The minimum atomic E-state index is -0.807. The molecule has 1 amide bonds. The van der Waals surface area contributed by atoms with Crippen molar-refractivity contribution in [2.75, 3.05) is 11.5 Å². The third-order valence-corrected chi connectivity index (χ3v) is 10.8. The molecule has 3 aromatic rings. The summed E-state index contributed by atoms with van der Waals surface area (Å²) in [6, 6.07) is 23.9. The molecule has 0 spiro atoms. The first-order valence-electron chi connectivity index (χ1n) is 14.0. The van der Waals surface area contributed by atoms with Gasteiger partial charge in [0.2, 0.25) is 0 Å². The van der Waals surface area contributed by atoms with Gasteiger partial charge in [0.05, 0.1) is 26.9 Å². The van der Waals surface area contributed by atoms with Crippen molar-refractivity contribution in [3.8, 4) is 0 Å². The van der Waals surface area contributed by atoms with Crippen LogP contribution in [-0.4, -0.2) is 28.9 Å². The Bertz CT molecular complexity index is 1640. The number of aryl methyl sites for hydroxylation is 1. The topological polar surface area (TPSA) is 46.6 Å². The van der Waals surface area contributed by atoms with E-state index in [1.165, 1.54) is 17.3 Å². The molecule has 0 fully saturated rings. The van der Waals surface area contributed by atoms with Crippen molar-refractivity contribution in [2.45, 2.75) is 59.4 Å². The van der Waals surface area contributed by atoms with Crippen LogP contribution in [0.1, 0.15) is 74.2 Å². The summed E-state index contributed by atoms with van der Waals surface area (Å²) in [5.74, 6) is -0.439. The molecule has 7 heteroatoms. The van der Waals surface area contributed by atoms with Crippen LogP contribution in [0.25, 0.3) is 10.5 Å². The van der Waals surface area contributed by atoms with Gasteiger partial charge in [-0.05, 0) is 68.0 Å². The molecule has 2 aliphatic rings. The first kappa shape index (κ1) is 30.3. The van der Waals surface area contributed by atoms with Gasteiger partial charge in [-0.3, -0.25) is 9.69 Å². The second-order valence-electron chi connectivity index (χ2n) is 12.0. The Hall–Kier alpha value is -3.13. The van der Waals surface area contributed by atoms with E-state index in [-0.39, 0.29) is 17.3 Å². The van der Waals surface area contributed by atoms with Gasteiger partial charge in [-0.25, -0.2) is 4.79 Å². The zero-order valence-electron chi connectivity index (χ0n) is 25.0. The van der Waals surface area contributed by atoms with E-state index in [1.54, 1.807) is 11.8 Å². The van der Waals surface area contributed by atoms with Gasteiger partial charge in [0, 0.05) is 21.6 Å². The van der Waals surface area contributed by atoms with Gasteiger partial charge in [-0.15, -0.1) is 0 Å². The maximum Gasteiger partial charge on any atom is 0.346 e. The Labute approximate surface area is 262 Å². The molecular formula is C35H35NO3S3. The Morgan fingerprint density at radius 1 is 0.952 bits per heavy atom. The standard InChI is InChI=1S/C35H35NO3S3/c1-8-39-32(38)29-28(22-12-10-9-11-13-22)41-33(42-29)27-25-19-14-21(2)20-26(25)36(35(6,7)30(27)40)31(37)23-15-17-24(18-16-23)34(3,4)5/h9-20H,8H2,1-7H3/b33-27+. The van der Waals surface area contributed by atoms with E-state index in [2.05, 4.69) is 26.8 Å². The molecule has 0 unspecified atom stereocenters. The number of amides is 1. The fourth-order valence-corrected chi connectivity index (χ4v) is 8.32. The number of thioether (sulfide) groups is 2. The second kappa shape index (κ2) is 11.5. The van der Waals surface area contributed by atoms with Gasteiger partial charge in [0.1, 0.15) is 4.91 Å². The van der Waals surface area contributed by atoms with Crippen LogP contribution in [0.4, 0.5) is 5.69 Å². The Morgan fingerprint density at radius 3 is 2.24 bits per heavy atom. The van der Waals surface area contributed by atoms with Crippen molar-refractivity contribution in [3.05, 3.63) is 110 Å². The van der Waals surface area contributed by atoms with Crippen molar-refractivity contribution in [3.63, 3.8) is 0 Å². The average molecular weight is 614 g/mol. The number of anilines is 1. The highest BCUT2D eigenvalue weighted by molar-refractivity contribution is 8.32. The normalized spacial score (nSPS) is 18.3. The van der Waals surface area contributed by atoms with Crippen molar-refractivity contribution in [1.82, 2.24) is 0 Å². The third-order valence-electron chi connectivity index (χ3n) is 7.50. The Kier molecular flexibility index (Phi) is 8.31.